The Labute approximate surface area is 133 Å². The van der Waals surface area contributed by atoms with Gasteiger partial charge in [0, 0.05) is 18.8 Å². The Kier molecular flexibility index (Phi) is 4.14. The van der Waals surface area contributed by atoms with Gasteiger partial charge < -0.3 is 11.1 Å². The molecule has 1 saturated heterocycles. The zero-order valence-corrected chi connectivity index (χ0v) is 13.8. The average Bonchev–Trinajstić information content (AvgIpc) is 2.30. The summed E-state index contributed by atoms with van der Waals surface area (Å²) in [6.45, 7) is 3.42. The largest absolute Gasteiger partial charge is 0.399 e. The lowest BCUT2D eigenvalue weighted by Crippen LogP contribution is -2.63. The van der Waals surface area contributed by atoms with Gasteiger partial charge in [0.05, 0.1) is 10.0 Å². The zero-order valence-electron chi connectivity index (χ0n) is 11.5. The molecule has 0 spiro atoms. The summed E-state index contributed by atoms with van der Waals surface area (Å²) in [6, 6.07) is 2.63. The fourth-order valence-corrected chi connectivity index (χ4v) is 5.17. The lowest BCUT2D eigenvalue weighted by atomic mass is 10.0. The van der Waals surface area contributed by atoms with Gasteiger partial charge in [0.1, 0.15) is 10.4 Å². The first-order valence-electron chi connectivity index (χ1n) is 6.14. The van der Waals surface area contributed by atoms with Gasteiger partial charge in [0.25, 0.3) is 0 Å². The van der Waals surface area contributed by atoms with Crippen molar-refractivity contribution in [1.29, 1.82) is 0 Å². The SMILES string of the molecule is CC1(C)C(=O)NCCN1S(=O)(=O)c1c(Cl)cc(N)cc1Cl. The molecule has 0 saturated carbocycles. The maximum atomic E-state index is 12.8. The van der Waals surface area contributed by atoms with Crippen molar-refractivity contribution < 1.29 is 13.2 Å². The molecule has 1 aromatic carbocycles. The van der Waals surface area contributed by atoms with Crippen molar-refractivity contribution in [3.63, 3.8) is 0 Å². The van der Waals surface area contributed by atoms with Crippen LogP contribution in [0.25, 0.3) is 0 Å². The third-order valence-electron chi connectivity index (χ3n) is 3.35. The van der Waals surface area contributed by atoms with Crippen LogP contribution < -0.4 is 11.1 Å². The van der Waals surface area contributed by atoms with E-state index in [0.29, 0.717) is 0 Å². The standard InChI is InChI=1S/C12H15Cl2N3O3S/c1-12(2)11(18)16-3-4-17(12)21(19,20)10-8(13)5-7(15)6-9(10)14/h5-6H,3-4,15H2,1-2H3,(H,16,18). The normalized spacial score (nSPS) is 19.3. The van der Waals surface area contributed by atoms with Crippen LogP contribution in [-0.2, 0) is 14.8 Å². The molecule has 0 atom stereocenters. The van der Waals surface area contributed by atoms with Crippen molar-refractivity contribution in [3.05, 3.63) is 22.2 Å². The molecule has 1 aliphatic heterocycles. The number of amides is 1. The Balaban J connectivity index is 2.60. The van der Waals surface area contributed by atoms with Crippen LogP contribution in [0.1, 0.15) is 13.8 Å². The number of nitrogen functional groups attached to an aromatic ring is 1. The first-order valence-corrected chi connectivity index (χ1v) is 8.33. The number of piperazine rings is 1. The highest BCUT2D eigenvalue weighted by molar-refractivity contribution is 7.89. The van der Waals surface area contributed by atoms with Crippen LogP contribution in [0.15, 0.2) is 17.0 Å². The number of benzene rings is 1. The monoisotopic (exact) mass is 351 g/mol. The number of halogens is 2. The van der Waals surface area contributed by atoms with Crippen LogP contribution in [0.5, 0.6) is 0 Å². The number of carbonyl (C=O) groups is 1. The molecule has 6 nitrogen and oxygen atoms in total. The van der Waals surface area contributed by atoms with Crippen molar-refractivity contribution in [3.8, 4) is 0 Å². The molecular formula is C12H15Cl2N3O3S. The molecule has 1 aromatic rings. The van der Waals surface area contributed by atoms with E-state index in [9.17, 15) is 13.2 Å². The van der Waals surface area contributed by atoms with Gasteiger partial charge in [0.15, 0.2) is 0 Å². The van der Waals surface area contributed by atoms with Crippen molar-refractivity contribution in [2.24, 2.45) is 0 Å². The van der Waals surface area contributed by atoms with E-state index in [1.54, 1.807) is 0 Å². The Hall–Kier alpha value is -1.02. The third kappa shape index (κ3) is 2.70. The van der Waals surface area contributed by atoms with Gasteiger partial charge in [-0.05, 0) is 26.0 Å². The number of nitrogens with zero attached hydrogens (tertiary/aromatic N) is 1. The Bertz CT molecular complexity index is 681. The second-order valence-electron chi connectivity index (χ2n) is 5.21. The molecule has 9 heteroatoms. The molecule has 3 N–H and O–H groups in total. The Morgan fingerprint density at radius 1 is 1.29 bits per heavy atom. The summed E-state index contributed by atoms with van der Waals surface area (Å²) in [5.41, 5.74) is 4.62. The van der Waals surface area contributed by atoms with Gasteiger partial charge >= 0.3 is 0 Å². The molecule has 1 aliphatic rings. The number of rotatable bonds is 2. The molecule has 0 bridgehead atoms. The van der Waals surface area contributed by atoms with Gasteiger partial charge in [-0.1, -0.05) is 23.2 Å². The van der Waals surface area contributed by atoms with Crippen LogP contribution in [0.4, 0.5) is 5.69 Å². The molecule has 0 unspecified atom stereocenters. The van der Waals surface area contributed by atoms with Gasteiger partial charge in [-0.25, -0.2) is 8.42 Å². The van der Waals surface area contributed by atoms with E-state index >= 15 is 0 Å². The summed E-state index contributed by atoms with van der Waals surface area (Å²) in [6.07, 6.45) is 0. The number of nitrogens with two attached hydrogens (primary N) is 1. The quantitative estimate of drug-likeness (QED) is 0.789. The average molecular weight is 352 g/mol. The predicted octanol–water partition coefficient (Wildman–Crippen LogP) is 1.47. The summed E-state index contributed by atoms with van der Waals surface area (Å²) < 4.78 is 26.8. The van der Waals surface area contributed by atoms with Crippen molar-refractivity contribution in [2.75, 3.05) is 18.8 Å². The molecule has 0 aromatic heterocycles. The maximum absolute atomic E-state index is 12.8. The second-order valence-corrected chi connectivity index (χ2v) is 7.82. The minimum Gasteiger partial charge on any atom is -0.399 e. The van der Waals surface area contributed by atoms with E-state index in [0.717, 1.165) is 4.31 Å². The van der Waals surface area contributed by atoms with E-state index in [4.69, 9.17) is 28.9 Å². The van der Waals surface area contributed by atoms with E-state index in [1.807, 2.05) is 0 Å². The lowest BCUT2D eigenvalue weighted by molar-refractivity contribution is -0.131. The molecule has 1 fully saturated rings. The molecule has 116 valence electrons. The van der Waals surface area contributed by atoms with Crippen LogP contribution >= 0.6 is 23.2 Å². The highest BCUT2D eigenvalue weighted by Crippen LogP contribution is 2.36. The third-order valence-corrected chi connectivity index (χ3v) is 6.34. The van der Waals surface area contributed by atoms with Gasteiger partial charge in [-0.3, -0.25) is 4.79 Å². The number of sulfonamides is 1. The lowest BCUT2D eigenvalue weighted by Gasteiger charge is -2.40. The number of hydrogen-bond donors (Lipinski definition) is 2. The number of nitrogens with one attached hydrogen (secondary N) is 1. The molecule has 1 heterocycles. The van der Waals surface area contributed by atoms with Crippen LogP contribution in [0.2, 0.25) is 10.0 Å². The van der Waals surface area contributed by atoms with Crippen molar-refractivity contribution >= 4 is 44.8 Å². The van der Waals surface area contributed by atoms with Gasteiger partial charge in [0.2, 0.25) is 15.9 Å². The minimum absolute atomic E-state index is 0.0678. The van der Waals surface area contributed by atoms with Crippen LogP contribution in [0.3, 0.4) is 0 Å². The summed E-state index contributed by atoms with van der Waals surface area (Å²) >= 11 is 12.0. The molecule has 0 radical (unpaired) electrons. The summed E-state index contributed by atoms with van der Waals surface area (Å²) in [7, 11) is -4.03. The highest BCUT2D eigenvalue weighted by Gasteiger charge is 2.46. The molecule has 2 rings (SSSR count). The van der Waals surface area contributed by atoms with Crippen LogP contribution in [0, 0.1) is 0 Å². The summed E-state index contributed by atoms with van der Waals surface area (Å²) in [4.78, 5) is 11.7. The fourth-order valence-electron chi connectivity index (χ4n) is 2.24. The van der Waals surface area contributed by atoms with E-state index < -0.39 is 15.6 Å². The van der Waals surface area contributed by atoms with Crippen LogP contribution in [-0.4, -0.2) is 37.3 Å². The molecule has 0 aliphatic carbocycles. The predicted molar refractivity (Wildman–Crippen MR) is 81.9 cm³/mol. The second kappa shape index (κ2) is 5.31. The highest BCUT2D eigenvalue weighted by atomic mass is 35.5. The first-order chi connectivity index (χ1) is 9.58. The molecular weight excluding hydrogens is 337 g/mol. The minimum atomic E-state index is -4.03. The van der Waals surface area contributed by atoms with E-state index in [-0.39, 0.29) is 39.6 Å². The Morgan fingerprint density at radius 2 is 1.81 bits per heavy atom. The number of carbonyl (C=O) groups excluding carboxylic acids is 1. The summed E-state index contributed by atoms with van der Waals surface area (Å²) in [5.74, 6) is -0.375. The number of anilines is 1. The Morgan fingerprint density at radius 3 is 2.33 bits per heavy atom. The maximum Gasteiger partial charge on any atom is 0.247 e. The number of hydrogen-bond acceptors (Lipinski definition) is 4. The van der Waals surface area contributed by atoms with Crippen molar-refractivity contribution in [2.45, 2.75) is 24.3 Å². The fraction of sp³-hybridized carbons (Fsp3) is 0.417. The van der Waals surface area contributed by atoms with Crippen molar-refractivity contribution in [1.82, 2.24) is 9.62 Å². The first kappa shape index (κ1) is 16.4. The van der Waals surface area contributed by atoms with E-state index in [1.165, 1.54) is 26.0 Å². The van der Waals surface area contributed by atoms with E-state index in [2.05, 4.69) is 5.32 Å². The van der Waals surface area contributed by atoms with Gasteiger partial charge in [-0.2, -0.15) is 4.31 Å². The topological polar surface area (TPSA) is 92.5 Å². The summed E-state index contributed by atoms with van der Waals surface area (Å²) in [5, 5.41) is 2.50. The zero-order chi connectivity index (χ0) is 16.0. The molecule has 1 amide bonds. The molecule has 21 heavy (non-hydrogen) atoms. The smallest absolute Gasteiger partial charge is 0.247 e. The van der Waals surface area contributed by atoms with Gasteiger partial charge in [-0.15, -0.1) is 0 Å².